The Morgan fingerprint density at radius 3 is 2.22 bits per heavy atom. The second-order valence-corrected chi connectivity index (χ2v) is 5.91. The van der Waals surface area contributed by atoms with Crippen molar-refractivity contribution in [3.63, 3.8) is 0 Å². The van der Waals surface area contributed by atoms with Crippen LogP contribution in [0.5, 0.6) is 0 Å². The van der Waals surface area contributed by atoms with Crippen molar-refractivity contribution < 1.29 is 8.42 Å². The van der Waals surface area contributed by atoms with Gasteiger partial charge in [0.15, 0.2) is 0 Å². The predicted octanol–water partition coefficient (Wildman–Crippen LogP) is 1.53. The molecular weight excluding hydrogens is 248 g/mol. The SMILES string of the molecule is CCCNCCNS(=O)(=O)c1ccc(CC)cc1. The molecule has 0 fully saturated rings. The van der Waals surface area contributed by atoms with Crippen LogP contribution >= 0.6 is 0 Å². The lowest BCUT2D eigenvalue weighted by Gasteiger charge is -2.08. The third-order valence-electron chi connectivity index (χ3n) is 2.66. The van der Waals surface area contributed by atoms with Crippen LogP contribution in [0.3, 0.4) is 0 Å². The number of nitrogens with one attached hydrogen (secondary N) is 2. The second-order valence-electron chi connectivity index (χ2n) is 4.15. The molecule has 4 nitrogen and oxygen atoms in total. The predicted molar refractivity (Wildman–Crippen MR) is 74.2 cm³/mol. The molecule has 0 amide bonds. The van der Waals surface area contributed by atoms with Crippen molar-refractivity contribution in [3.8, 4) is 0 Å². The highest BCUT2D eigenvalue weighted by Crippen LogP contribution is 2.10. The summed E-state index contributed by atoms with van der Waals surface area (Å²) in [6.07, 6.45) is 1.96. The number of hydrogen-bond acceptors (Lipinski definition) is 3. The molecule has 0 aliphatic carbocycles. The third-order valence-corrected chi connectivity index (χ3v) is 4.14. The maximum atomic E-state index is 11.9. The lowest BCUT2D eigenvalue weighted by atomic mass is 10.2. The minimum Gasteiger partial charge on any atom is -0.315 e. The van der Waals surface area contributed by atoms with E-state index in [4.69, 9.17) is 0 Å². The molecule has 1 aromatic rings. The van der Waals surface area contributed by atoms with Gasteiger partial charge in [0.05, 0.1) is 4.90 Å². The van der Waals surface area contributed by atoms with E-state index in [1.54, 1.807) is 12.1 Å². The monoisotopic (exact) mass is 270 g/mol. The smallest absolute Gasteiger partial charge is 0.240 e. The first-order valence-electron chi connectivity index (χ1n) is 6.39. The normalized spacial score (nSPS) is 11.7. The summed E-state index contributed by atoms with van der Waals surface area (Å²) in [5.41, 5.74) is 1.14. The van der Waals surface area contributed by atoms with Crippen LogP contribution in [0.4, 0.5) is 0 Å². The van der Waals surface area contributed by atoms with E-state index in [-0.39, 0.29) is 0 Å². The Bertz CT molecular complexity index is 441. The summed E-state index contributed by atoms with van der Waals surface area (Å²) in [6.45, 7) is 6.10. The van der Waals surface area contributed by atoms with Gasteiger partial charge in [-0.15, -0.1) is 0 Å². The first kappa shape index (κ1) is 15.1. The maximum Gasteiger partial charge on any atom is 0.240 e. The molecule has 0 atom stereocenters. The number of sulfonamides is 1. The van der Waals surface area contributed by atoms with E-state index in [1.165, 1.54) is 0 Å². The Morgan fingerprint density at radius 2 is 1.67 bits per heavy atom. The summed E-state index contributed by atoms with van der Waals surface area (Å²) < 4.78 is 26.4. The van der Waals surface area contributed by atoms with Crippen LogP contribution in [-0.2, 0) is 16.4 Å². The van der Waals surface area contributed by atoms with Crippen LogP contribution in [-0.4, -0.2) is 28.1 Å². The van der Waals surface area contributed by atoms with Crippen LogP contribution in [0.15, 0.2) is 29.2 Å². The molecular formula is C13H22N2O2S. The molecule has 0 aliphatic heterocycles. The molecule has 0 saturated heterocycles. The number of rotatable bonds is 8. The molecule has 5 heteroatoms. The summed E-state index contributed by atoms with van der Waals surface area (Å²) in [5, 5.41) is 3.15. The lowest BCUT2D eigenvalue weighted by Crippen LogP contribution is -2.32. The van der Waals surface area contributed by atoms with E-state index < -0.39 is 10.0 Å². The molecule has 102 valence electrons. The number of benzene rings is 1. The summed E-state index contributed by atoms with van der Waals surface area (Å²) >= 11 is 0. The Hall–Kier alpha value is -0.910. The number of aryl methyl sites for hydroxylation is 1. The molecule has 18 heavy (non-hydrogen) atoms. The van der Waals surface area contributed by atoms with Crippen LogP contribution in [0.25, 0.3) is 0 Å². The van der Waals surface area contributed by atoms with E-state index in [0.29, 0.717) is 18.0 Å². The van der Waals surface area contributed by atoms with E-state index in [2.05, 4.69) is 17.0 Å². The lowest BCUT2D eigenvalue weighted by molar-refractivity contribution is 0.575. The summed E-state index contributed by atoms with van der Waals surface area (Å²) in [4.78, 5) is 0.329. The minimum atomic E-state index is -3.36. The van der Waals surface area contributed by atoms with Crippen molar-refractivity contribution in [2.75, 3.05) is 19.6 Å². The summed E-state index contributed by atoms with van der Waals surface area (Å²) in [6, 6.07) is 7.01. The zero-order valence-corrected chi connectivity index (χ0v) is 11.9. The zero-order valence-electron chi connectivity index (χ0n) is 11.1. The minimum absolute atomic E-state index is 0.329. The highest BCUT2D eigenvalue weighted by molar-refractivity contribution is 7.89. The Balaban J connectivity index is 2.51. The van der Waals surface area contributed by atoms with Crippen LogP contribution in [0, 0.1) is 0 Å². The van der Waals surface area contributed by atoms with Crippen LogP contribution in [0.2, 0.25) is 0 Å². The van der Waals surface area contributed by atoms with Gasteiger partial charge < -0.3 is 5.32 Å². The highest BCUT2D eigenvalue weighted by Gasteiger charge is 2.12. The van der Waals surface area contributed by atoms with Gasteiger partial charge in [0.1, 0.15) is 0 Å². The van der Waals surface area contributed by atoms with Crippen molar-refractivity contribution in [2.45, 2.75) is 31.6 Å². The first-order chi connectivity index (χ1) is 8.60. The number of hydrogen-bond donors (Lipinski definition) is 2. The molecule has 0 unspecified atom stereocenters. The van der Waals surface area contributed by atoms with Gasteiger partial charge in [-0.2, -0.15) is 0 Å². The molecule has 1 rings (SSSR count). The molecule has 0 radical (unpaired) electrons. The van der Waals surface area contributed by atoms with Crippen molar-refractivity contribution in [1.29, 1.82) is 0 Å². The molecule has 2 N–H and O–H groups in total. The van der Waals surface area contributed by atoms with E-state index in [1.807, 2.05) is 19.1 Å². The second kappa shape index (κ2) is 7.51. The van der Waals surface area contributed by atoms with Gasteiger partial charge in [0.2, 0.25) is 10.0 Å². The van der Waals surface area contributed by atoms with E-state index in [9.17, 15) is 8.42 Å². The maximum absolute atomic E-state index is 11.9. The van der Waals surface area contributed by atoms with Gasteiger partial charge >= 0.3 is 0 Å². The van der Waals surface area contributed by atoms with Gasteiger partial charge in [-0.1, -0.05) is 26.0 Å². The largest absolute Gasteiger partial charge is 0.315 e. The highest BCUT2D eigenvalue weighted by atomic mass is 32.2. The van der Waals surface area contributed by atoms with Gasteiger partial charge in [-0.3, -0.25) is 0 Å². The Morgan fingerprint density at radius 1 is 1.00 bits per heavy atom. The molecule has 0 bridgehead atoms. The van der Waals surface area contributed by atoms with Gasteiger partial charge in [0.25, 0.3) is 0 Å². The van der Waals surface area contributed by atoms with Crippen molar-refractivity contribution in [1.82, 2.24) is 10.0 Å². The third kappa shape index (κ3) is 4.76. The summed E-state index contributed by atoms with van der Waals surface area (Å²) in [7, 11) is -3.36. The standard InChI is InChI=1S/C13H22N2O2S/c1-3-9-14-10-11-15-18(16,17)13-7-5-12(4-2)6-8-13/h5-8,14-15H,3-4,9-11H2,1-2H3. The van der Waals surface area contributed by atoms with E-state index in [0.717, 1.165) is 24.9 Å². The molecule has 0 saturated carbocycles. The zero-order chi connectivity index (χ0) is 13.4. The van der Waals surface area contributed by atoms with Crippen molar-refractivity contribution in [3.05, 3.63) is 29.8 Å². The molecule has 0 heterocycles. The molecule has 0 aliphatic rings. The van der Waals surface area contributed by atoms with Crippen LogP contribution in [0.1, 0.15) is 25.8 Å². The van der Waals surface area contributed by atoms with Crippen molar-refractivity contribution >= 4 is 10.0 Å². The molecule has 0 spiro atoms. The quantitative estimate of drug-likeness (QED) is 0.704. The summed E-state index contributed by atoms with van der Waals surface area (Å²) in [5.74, 6) is 0. The van der Waals surface area contributed by atoms with Crippen molar-refractivity contribution in [2.24, 2.45) is 0 Å². The first-order valence-corrected chi connectivity index (χ1v) is 7.87. The molecule has 0 aromatic heterocycles. The Kier molecular flexibility index (Phi) is 6.32. The van der Waals surface area contributed by atoms with E-state index >= 15 is 0 Å². The fourth-order valence-corrected chi connectivity index (χ4v) is 2.60. The van der Waals surface area contributed by atoms with Crippen LogP contribution < -0.4 is 10.0 Å². The average Bonchev–Trinajstić information content (AvgIpc) is 2.38. The fourth-order valence-electron chi connectivity index (χ4n) is 1.56. The van der Waals surface area contributed by atoms with Gasteiger partial charge in [-0.25, -0.2) is 13.1 Å². The average molecular weight is 270 g/mol. The Labute approximate surface area is 110 Å². The fraction of sp³-hybridized carbons (Fsp3) is 0.538. The van der Waals surface area contributed by atoms with Gasteiger partial charge in [-0.05, 0) is 37.1 Å². The van der Waals surface area contributed by atoms with Gasteiger partial charge in [0, 0.05) is 13.1 Å². The topological polar surface area (TPSA) is 58.2 Å². The molecule has 1 aromatic carbocycles.